The van der Waals surface area contributed by atoms with Gasteiger partial charge in [-0.15, -0.1) is 0 Å². The summed E-state index contributed by atoms with van der Waals surface area (Å²) in [5.74, 6) is 1.83. The number of carbonyl (C=O) groups excluding carboxylic acids is 1. The maximum Gasteiger partial charge on any atom is 0.163 e. The zero-order chi connectivity index (χ0) is 20.1. The van der Waals surface area contributed by atoms with Gasteiger partial charge in [-0.25, -0.2) is 0 Å². The minimum absolute atomic E-state index is 0.140. The summed E-state index contributed by atoms with van der Waals surface area (Å²) in [6.07, 6.45) is 4.59. The number of benzene rings is 2. The third-order valence-electron chi connectivity index (χ3n) is 5.53. The summed E-state index contributed by atoms with van der Waals surface area (Å²) in [5.41, 5.74) is 2.53. The first kappa shape index (κ1) is 20.4. The van der Waals surface area contributed by atoms with Crippen LogP contribution in [0.1, 0.15) is 73.4 Å². The van der Waals surface area contributed by atoms with Gasteiger partial charge < -0.3 is 4.74 Å². The van der Waals surface area contributed by atoms with Crippen LogP contribution in [0.15, 0.2) is 42.5 Å². The highest BCUT2D eigenvalue weighted by atomic mass is 35.5. The van der Waals surface area contributed by atoms with E-state index in [0.29, 0.717) is 34.6 Å². The van der Waals surface area contributed by atoms with Crippen LogP contribution in [0.3, 0.4) is 0 Å². The number of Topliss-reactive ketones (excluding diaryl/α,β-unsaturated/α-hetero) is 1. The number of ether oxygens (including phenoxy) is 1. The average molecular weight is 396 g/mol. The van der Waals surface area contributed by atoms with Gasteiger partial charge in [0.25, 0.3) is 0 Å². The van der Waals surface area contributed by atoms with Crippen LogP contribution < -0.4 is 4.74 Å². The molecule has 0 saturated heterocycles. The predicted octanol–water partition coefficient (Wildman–Crippen LogP) is 6.55. The highest BCUT2D eigenvalue weighted by molar-refractivity contribution is 6.31. The second kappa shape index (κ2) is 9.26. The number of hydrogen-bond acceptors (Lipinski definition) is 3. The van der Waals surface area contributed by atoms with Gasteiger partial charge in [0.1, 0.15) is 11.8 Å². The Bertz CT molecular complexity index is 859. The van der Waals surface area contributed by atoms with Crippen LogP contribution in [-0.2, 0) is 0 Å². The van der Waals surface area contributed by atoms with Gasteiger partial charge in [-0.05, 0) is 55.2 Å². The van der Waals surface area contributed by atoms with E-state index in [1.54, 1.807) is 18.2 Å². The van der Waals surface area contributed by atoms with Crippen molar-refractivity contribution in [2.45, 2.75) is 58.0 Å². The lowest BCUT2D eigenvalue weighted by molar-refractivity contribution is 0.0902. The molecule has 0 N–H and O–H groups in total. The summed E-state index contributed by atoms with van der Waals surface area (Å²) in [4.78, 5) is 12.6. The van der Waals surface area contributed by atoms with Crippen molar-refractivity contribution in [3.05, 3.63) is 64.2 Å². The second-order valence-corrected chi connectivity index (χ2v) is 8.33. The zero-order valence-electron chi connectivity index (χ0n) is 16.5. The van der Waals surface area contributed by atoms with E-state index in [2.05, 4.69) is 32.0 Å². The first-order valence-corrected chi connectivity index (χ1v) is 10.3. The number of hydrogen-bond donors (Lipinski definition) is 0. The van der Waals surface area contributed by atoms with Gasteiger partial charge in [0, 0.05) is 18.1 Å². The van der Waals surface area contributed by atoms with Crippen molar-refractivity contribution in [1.29, 1.82) is 5.26 Å². The third kappa shape index (κ3) is 5.14. The Morgan fingerprint density at radius 1 is 1.14 bits per heavy atom. The van der Waals surface area contributed by atoms with Crippen LogP contribution in [0, 0.1) is 17.2 Å². The van der Waals surface area contributed by atoms with Crippen LogP contribution in [0.2, 0.25) is 5.02 Å². The molecule has 1 saturated carbocycles. The number of nitrogens with zero attached hydrogens (tertiary/aromatic N) is 1. The lowest BCUT2D eigenvalue weighted by Gasteiger charge is -2.28. The molecule has 28 heavy (non-hydrogen) atoms. The molecule has 3 nitrogen and oxygen atoms in total. The molecule has 0 radical (unpaired) electrons. The molecule has 1 aliphatic carbocycles. The number of ketones is 1. The van der Waals surface area contributed by atoms with Crippen LogP contribution in [0.25, 0.3) is 0 Å². The largest absolute Gasteiger partial charge is 0.490 e. The lowest BCUT2D eigenvalue weighted by atomic mass is 9.83. The highest BCUT2D eigenvalue weighted by Gasteiger charge is 2.25. The van der Waals surface area contributed by atoms with Gasteiger partial charge in [0.05, 0.1) is 16.7 Å². The molecule has 0 aromatic heterocycles. The molecule has 0 atom stereocenters. The number of halogens is 1. The van der Waals surface area contributed by atoms with E-state index >= 15 is 0 Å². The van der Waals surface area contributed by atoms with E-state index in [1.165, 1.54) is 5.56 Å². The average Bonchev–Trinajstić information content (AvgIpc) is 2.69. The Hall–Kier alpha value is -2.31. The number of carbonyl (C=O) groups is 1. The van der Waals surface area contributed by atoms with E-state index in [-0.39, 0.29) is 11.9 Å². The maximum absolute atomic E-state index is 12.6. The molecule has 2 aromatic rings. The molecule has 4 heteroatoms. The van der Waals surface area contributed by atoms with Gasteiger partial charge in [0.2, 0.25) is 0 Å². The van der Waals surface area contributed by atoms with Crippen molar-refractivity contribution in [3.63, 3.8) is 0 Å². The first-order valence-electron chi connectivity index (χ1n) is 9.95. The molecule has 2 aromatic carbocycles. The Kier molecular flexibility index (Phi) is 6.75. The zero-order valence-corrected chi connectivity index (χ0v) is 17.2. The van der Waals surface area contributed by atoms with Crippen molar-refractivity contribution < 1.29 is 9.53 Å². The van der Waals surface area contributed by atoms with Gasteiger partial charge >= 0.3 is 0 Å². The van der Waals surface area contributed by atoms with Crippen molar-refractivity contribution in [2.24, 2.45) is 5.92 Å². The molecule has 1 fully saturated rings. The quantitative estimate of drug-likeness (QED) is 0.521. The molecule has 0 heterocycles. The Morgan fingerprint density at radius 2 is 1.82 bits per heavy atom. The predicted molar refractivity (Wildman–Crippen MR) is 112 cm³/mol. The summed E-state index contributed by atoms with van der Waals surface area (Å²) in [6.45, 7) is 4.31. The Labute approximate surface area is 172 Å². The molecule has 0 aliphatic heterocycles. The highest BCUT2D eigenvalue weighted by Crippen LogP contribution is 2.32. The fourth-order valence-corrected chi connectivity index (χ4v) is 3.95. The molecule has 146 valence electrons. The van der Waals surface area contributed by atoms with E-state index in [0.717, 1.165) is 31.2 Å². The minimum atomic E-state index is 0.140. The summed E-state index contributed by atoms with van der Waals surface area (Å²) >= 11 is 6.07. The van der Waals surface area contributed by atoms with Gasteiger partial charge in [-0.2, -0.15) is 5.26 Å². The summed E-state index contributed by atoms with van der Waals surface area (Å²) in [6, 6.07) is 15.3. The van der Waals surface area contributed by atoms with E-state index in [1.807, 2.05) is 12.1 Å². The third-order valence-corrected chi connectivity index (χ3v) is 5.84. The molecule has 0 unspecified atom stereocenters. The summed E-state index contributed by atoms with van der Waals surface area (Å²) in [7, 11) is 0. The Morgan fingerprint density at radius 3 is 2.39 bits per heavy atom. The SMILES string of the molecule is CC(C)c1ccc(C(=O)CC2CCC(Oc3ccc(C#N)c(Cl)c3)CC2)cc1. The molecule has 0 spiro atoms. The first-order chi connectivity index (χ1) is 13.5. The van der Waals surface area contributed by atoms with Crippen molar-refractivity contribution in [2.75, 3.05) is 0 Å². The van der Waals surface area contributed by atoms with E-state index < -0.39 is 0 Å². The smallest absolute Gasteiger partial charge is 0.163 e. The second-order valence-electron chi connectivity index (χ2n) is 7.92. The fraction of sp³-hybridized carbons (Fsp3) is 0.417. The summed E-state index contributed by atoms with van der Waals surface area (Å²) < 4.78 is 6.03. The van der Waals surface area contributed by atoms with Crippen molar-refractivity contribution in [3.8, 4) is 11.8 Å². The maximum atomic E-state index is 12.6. The van der Waals surface area contributed by atoms with Gasteiger partial charge in [0.15, 0.2) is 5.78 Å². The van der Waals surface area contributed by atoms with Crippen LogP contribution >= 0.6 is 11.6 Å². The molecule has 1 aliphatic rings. The van der Waals surface area contributed by atoms with Crippen LogP contribution in [0.5, 0.6) is 5.75 Å². The van der Waals surface area contributed by atoms with E-state index in [4.69, 9.17) is 21.6 Å². The number of nitriles is 1. The molecule has 0 bridgehead atoms. The fourth-order valence-electron chi connectivity index (χ4n) is 3.74. The molecular formula is C24H26ClNO2. The summed E-state index contributed by atoms with van der Waals surface area (Å²) in [5, 5.41) is 9.37. The molecule has 3 rings (SSSR count). The standard InChI is InChI=1S/C24H26ClNO2/c1-16(2)18-5-7-19(8-6-18)24(27)13-17-3-10-21(11-4-17)28-22-12-9-20(15-26)23(25)14-22/h5-9,12,14,16-17,21H,3-4,10-11,13H2,1-2H3. The normalized spacial score (nSPS) is 19.2. The molecular weight excluding hydrogens is 370 g/mol. The van der Waals surface area contributed by atoms with Gasteiger partial charge in [-0.1, -0.05) is 49.7 Å². The van der Waals surface area contributed by atoms with Crippen LogP contribution in [-0.4, -0.2) is 11.9 Å². The monoisotopic (exact) mass is 395 g/mol. The van der Waals surface area contributed by atoms with Gasteiger partial charge in [-0.3, -0.25) is 4.79 Å². The van der Waals surface area contributed by atoms with Crippen molar-refractivity contribution in [1.82, 2.24) is 0 Å². The lowest BCUT2D eigenvalue weighted by Crippen LogP contribution is -2.25. The Balaban J connectivity index is 1.49. The van der Waals surface area contributed by atoms with Crippen LogP contribution in [0.4, 0.5) is 0 Å². The van der Waals surface area contributed by atoms with E-state index in [9.17, 15) is 4.79 Å². The topological polar surface area (TPSA) is 50.1 Å². The number of rotatable bonds is 6. The van der Waals surface area contributed by atoms with Crippen molar-refractivity contribution >= 4 is 17.4 Å². The minimum Gasteiger partial charge on any atom is -0.490 e. The molecule has 0 amide bonds.